The quantitative estimate of drug-likeness (QED) is 0.122. The summed E-state index contributed by atoms with van der Waals surface area (Å²) < 4.78 is 0. The summed E-state index contributed by atoms with van der Waals surface area (Å²) in [5.41, 5.74) is 21.0. The Labute approximate surface area is 244 Å². The Balaban J connectivity index is 1.10. The van der Waals surface area contributed by atoms with Crippen molar-refractivity contribution in [1.82, 2.24) is 20.0 Å². The van der Waals surface area contributed by atoms with Gasteiger partial charge in [-0.25, -0.2) is 0 Å². The number of nitrogens with zero attached hydrogens (tertiary/aromatic N) is 4. The lowest BCUT2D eigenvalue weighted by atomic mass is 10.1. The van der Waals surface area contributed by atoms with E-state index in [-0.39, 0.29) is 0 Å². The highest BCUT2D eigenvalue weighted by molar-refractivity contribution is 6.02. The lowest BCUT2D eigenvalue weighted by molar-refractivity contribution is 0.315. The molecule has 0 aliphatic carbocycles. The van der Waals surface area contributed by atoms with E-state index < -0.39 is 0 Å². The van der Waals surface area contributed by atoms with Gasteiger partial charge in [0.1, 0.15) is 0 Å². The van der Waals surface area contributed by atoms with E-state index in [2.05, 4.69) is 105 Å². The molecule has 8 nitrogen and oxygen atoms in total. The minimum Gasteiger partial charge on any atom is -0.382 e. The summed E-state index contributed by atoms with van der Waals surface area (Å²) in [7, 11) is 0. The summed E-state index contributed by atoms with van der Waals surface area (Å²) in [5, 5.41) is 15.5. The van der Waals surface area contributed by atoms with Gasteiger partial charge in [-0.05, 0) is 48.2 Å². The third-order valence-electron chi connectivity index (χ3n) is 7.92. The summed E-state index contributed by atoms with van der Waals surface area (Å²) in [6, 6.07) is 25.4. The third-order valence-corrected chi connectivity index (χ3v) is 7.92. The van der Waals surface area contributed by atoms with Crippen LogP contribution in [0.5, 0.6) is 0 Å². The van der Waals surface area contributed by atoms with E-state index >= 15 is 0 Å². The molecule has 2 aromatic heterocycles. The highest BCUT2D eigenvalue weighted by Gasteiger charge is 2.11. The van der Waals surface area contributed by atoms with Crippen LogP contribution in [0.25, 0.3) is 44.3 Å². The maximum atomic E-state index is 6.35. The average molecular weight is 555 g/mol. The highest BCUT2D eigenvalue weighted by Crippen LogP contribution is 2.29. The van der Waals surface area contributed by atoms with Crippen LogP contribution in [0.2, 0.25) is 0 Å². The Morgan fingerprint density at radius 2 is 1.02 bits per heavy atom. The van der Waals surface area contributed by atoms with Crippen molar-refractivity contribution in [1.29, 1.82) is 0 Å². The van der Waals surface area contributed by atoms with Gasteiger partial charge < -0.3 is 21.4 Å². The number of hydrazone groups is 2. The predicted molar refractivity (Wildman–Crippen MR) is 173 cm³/mol. The van der Waals surface area contributed by atoms with Gasteiger partial charge in [0, 0.05) is 57.4 Å². The van der Waals surface area contributed by atoms with Crippen molar-refractivity contribution in [3.63, 3.8) is 0 Å². The minimum absolute atomic E-state index is 0.535. The normalized spacial score (nSPS) is 16.2. The van der Waals surface area contributed by atoms with Crippen LogP contribution >= 0.6 is 0 Å². The fourth-order valence-electron chi connectivity index (χ4n) is 5.57. The van der Waals surface area contributed by atoms with Crippen LogP contribution in [0.15, 0.2) is 107 Å². The standard InChI is InChI=1S/C34H34N8/c35-33(39-41-15-3-1-4-16-41)27-13-11-25-19-29(37-31(25)21-27)23-7-9-24(10-8-23)30-20-26-12-14-28(22-32(26)38-30)34(36)40-42-17-5-2-6-18-42/h1-3,5,7-14,19-22,37-38H,4,6,15-18H2,(H2,35,39)(H2,36,40). The van der Waals surface area contributed by atoms with E-state index in [1.165, 1.54) is 0 Å². The Morgan fingerprint density at radius 1 is 0.571 bits per heavy atom. The molecule has 0 saturated carbocycles. The molecule has 0 saturated heterocycles. The van der Waals surface area contributed by atoms with Crippen molar-refractivity contribution in [3.05, 3.63) is 108 Å². The second-order valence-electron chi connectivity index (χ2n) is 10.9. The van der Waals surface area contributed by atoms with E-state index in [0.717, 1.165) is 94.5 Å². The molecule has 0 bridgehead atoms. The van der Waals surface area contributed by atoms with E-state index in [1.807, 2.05) is 22.2 Å². The number of nitrogens with one attached hydrogen (secondary N) is 2. The number of nitrogens with two attached hydrogens (primary N) is 2. The maximum Gasteiger partial charge on any atom is 0.150 e. The summed E-state index contributed by atoms with van der Waals surface area (Å²) >= 11 is 0. The molecule has 5 aromatic rings. The first-order chi connectivity index (χ1) is 20.6. The molecular formula is C34H34N8. The lowest BCUT2D eigenvalue weighted by Crippen LogP contribution is -2.26. The molecule has 8 heteroatoms. The molecule has 42 heavy (non-hydrogen) atoms. The molecule has 6 N–H and O–H groups in total. The largest absolute Gasteiger partial charge is 0.382 e. The van der Waals surface area contributed by atoms with Crippen molar-refractivity contribution < 1.29 is 0 Å². The smallest absolute Gasteiger partial charge is 0.150 e. The Bertz CT molecular complexity index is 1730. The highest BCUT2D eigenvalue weighted by atomic mass is 15.5. The first-order valence-electron chi connectivity index (χ1n) is 14.4. The number of rotatable bonds is 6. The van der Waals surface area contributed by atoms with Crippen LogP contribution in [0.3, 0.4) is 0 Å². The van der Waals surface area contributed by atoms with Crippen LogP contribution in [0.1, 0.15) is 24.0 Å². The van der Waals surface area contributed by atoms with Gasteiger partial charge in [0.15, 0.2) is 11.7 Å². The van der Waals surface area contributed by atoms with Gasteiger partial charge in [0.25, 0.3) is 0 Å². The van der Waals surface area contributed by atoms with Gasteiger partial charge in [-0.3, -0.25) is 10.0 Å². The molecule has 0 fully saturated rings. The first kappa shape index (κ1) is 25.7. The second kappa shape index (κ2) is 11.0. The number of benzene rings is 3. The van der Waals surface area contributed by atoms with Gasteiger partial charge in [-0.1, -0.05) is 72.8 Å². The minimum atomic E-state index is 0.535. The molecule has 0 unspecified atom stereocenters. The van der Waals surface area contributed by atoms with Crippen molar-refractivity contribution in [2.24, 2.45) is 21.7 Å². The number of hydrogen-bond acceptors (Lipinski definition) is 4. The molecule has 7 rings (SSSR count). The first-order valence-corrected chi connectivity index (χ1v) is 14.4. The van der Waals surface area contributed by atoms with E-state index in [9.17, 15) is 0 Å². The average Bonchev–Trinajstić information content (AvgIpc) is 3.66. The van der Waals surface area contributed by atoms with Gasteiger partial charge in [0.05, 0.1) is 13.1 Å². The van der Waals surface area contributed by atoms with Crippen LogP contribution in [0, 0.1) is 0 Å². The van der Waals surface area contributed by atoms with Crippen molar-refractivity contribution in [2.75, 3.05) is 26.2 Å². The Hall–Kier alpha value is -5.24. The van der Waals surface area contributed by atoms with Crippen molar-refractivity contribution in [2.45, 2.75) is 12.8 Å². The number of fused-ring (bicyclic) bond motifs is 2. The summed E-state index contributed by atoms with van der Waals surface area (Å²) in [6.45, 7) is 3.38. The molecule has 0 radical (unpaired) electrons. The zero-order chi connectivity index (χ0) is 28.5. The van der Waals surface area contributed by atoms with E-state index in [1.54, 1.807) is 0 Å². The molecule has 0 amide bonds. The molecular weight excluding hydrogens is 520 g/mol. The number of aromatic nitrogens is 2. The van der Waals surface area contributed by atoms with Crippen molar-refractivity contribution in [3.8, 4) is 22.5 Å². The van der Waals surface area contributed by atoms with Gasteiger partial charge in [-0.15, -0.1) is 0 Å². The Morgan fingerprint density at radius 3 is 1.43 bits per heavy atom. The zero-order valence-electron chi connectivity index (χ0n) is 23.4. The van der Waals surface area contributed by atoms with Crippen LogP contribution < -0.4 is 11.5 Å². The molecule has 4 heterocycles. The second-order valence-corrected chi connectivity index (χ2v) is 10.9. The van der Waals surface area contributed by atoms with E-state index in [0.29, 0.717) is 11.7 Å². The number of H-pyrrole nitrogens is 2. The molecule has 2 aliphatic rings. The topological polar surface area (TPSA) is 115 Å². The molecule has 2 aliphatic heterocycles. The summed E-state index contributed by atoms with van der Waals surface area (Å²) in [4.78, 5) is 7.13. The monoisotopic (exact) mass is 554 g/mol. The SMILES string of the molecule is NC(=NN1CC=CCC1)c1ccc2cc(-c3ccc(-c4cc5ccc(C(N)=NN6CC=CCC6)cc5[nH]4)cc3)[nH]c2c1. The summed E-state index contributed by atoms with van der Waals surface area (Å²) in [6.07, 6.45) is 10.6. The number of amidine groups is 2. The number of aromatic amines is 2. The number of hydrogen-bond donors (Lipinski definition) is 4. The zero-order valence-corrected chi connectivity index (χ0v) is 23.4. The molecule has 3 aromatic carbocycles. The Kier molecular flexibility index (Phi) is 6.71. The van der Waals surface area contributed by atoms with Crippen LogP contribution in [-0.2, 0) is 0 Å². The van der Waals surface area contributed by atoms with Gasteiger partial charge in [-0.2, -0.15) is 10.2 Å². The fourth-order valence-corrected chi connectivity index (χ4v) is 5.57. The predicted octanol–water partition coefficient (Wildman–Crippen LogP) is 5.75. The lowest BCUT2D eigenvalue weighted by Gasteiger charge is -2.20. The fraction of sp³-hybridized carbons (Fsp3) is 0.176. The van der Waals surface area contributed by atoms with Gasteiger partial charge in [0.2, 0.25) is 0 Å². The van der Waals surface area contributed by atoms with E-state index in [4.69, 9.17) is 11.5 Å². The van der Waals surface area contributed by atoms with Gasteiger partial charge >= 0.3 is 0 Å². The molecule has 210 valence electrons. The van der Waals surface area contributed by atoms with Crippen LogP contribution in [-0.4, -0.2) is 57.8 Å². The summed E-state index contributed by atoms with van der Waals surface area (Å²) in [5.74, 6) is 1.07. The van der Waals surface area contributed by atoms with Crippen LogP contribution in [0.4, 0.5) is 0 Å². The maximum absolute atomic E-state index is 6.35. The molecule has 0 atom stereocenters. The third kappa shape index (κ3) is 5.26. The van der Waals surface area contributed by atoms with Crippen molar-refractivity contribution >= 4 is 33.5 Å². The molecule has 0 spiro atoms.